The predicted octanol–water partition coefficient (Wildman–Crippen LogP) is 2.36. The van der Waals surface area contributed by atoms with Crippen LogP contribution in [0.2, 0.25) is 5.82 Å². The minimum atomic E-state index is -2.05. The third-order valence-corrected chi connectivity index (χ3v) is 7.10. The maximum atomic E-state index is 13.5. The number of carbonyl (C=O) groups excluding carboxylic acids is 4. The van der Waals surface area contributed by atoms with Gasteiger partial charge >= 0.3 is 19.1 Å². The quantitative estimate of drug-likeness (QED) is 0.275. The number of aliphatic hydroxyl groups is 1. The maximum absolute atomic E-state index is 13.5. The number of pyridine rings is 1. The molecule has 13 heteroatoms. The number of carbonyl (C=O) groups is 5. The van der Waals surface area contributed by atoms with E-state index in [0.717, 1.165) is 5.56 Å². The summed E-state index contributed by atoms with van der Waals surface area (Å²) in [6, 6.07) is 12.8. The van der Waals surface area contributed by atoms with E-state index in [9.17, 15) is 34.2 Å². The summed E-state index contributed by atoms with van der Waals surface area (Å²) in [5.41, 5.74) is -0.642. The molecule has 230 valence electrons. The van der Waals surface area contributed by atoms with Crippen LogP contribution in [0.3, 0.4) is 0 Å². The van der Waals surface area contributed by atoms with Crippen LogP contribution in [0.15, 0.2) is 48.5 Å². The van der Waals surface area contributed by atoms with Crippen molar-refractivity contribution < 1.29 is 43.5 Å². The molecule has 2 aromatic rings. The van der Waals surface area contributed by atoms with Crippen LogP contribution in [0, 0.1) is 5.92 Å². The zero-order valence-corrected chi connectivity index (χ0v) is 25.0. The van der Waals surface area contributed by atoms with Crippen molar-refractivity contribution >= 4 is 36.7 Å². The smallest absolute Gasteiger partial charge is 0.507 e. The molecule has 1 saturated heterocycles. The summed E-state index contributed by atoms with van der Waals surface area (Å²) >= 11 is 0. The third kappa shape index (κ3) is 8.71. The number of amides is 2. The molecule has 0 spiro atoms. The van der Waals surface area contributed by atoms with Gasteiger partial charge in [-0.15, -0.1) is 0 Å². The highest BCUT2D eigenvalue weighted by molar-refractivity contribution is 6.51. The van der Waals surface area contributed by atoms with Crippen molar-refractivity contribution in [1.29, 1.82) is 0 Å². The van der Waals surface area contributed by atoms with Crippen LogP contribution in [0.4, 0.5) is 0 Å². The van der Waals surface area contributed by atoms with E-state index in [1.165, 1.54) is 32.0 Å². The largest absolute Gasteiger partial charge is 0.531 e. The second-order valence-corrected chi connectivity index (χ2v) is 11.4. The van der Waals surface area contributed by atoms with Gasteiger partial charge in [0.05, 0.1) is 24.6 Å². The SMILES string of the molecule is CC(C)C[C@H](CC(=O)[C@@H](NC(=O)c1cccc(-c2ccccc2)n1)[C@@H](C)O)B1OC(=O)[C@@](CC(=O)O)(CC(=O)N(C)C)O1. The summed E-state index contributed by atoms with van der Waals surface area (Å²) in [7, 11) is 1.61. The Hall–Kier alpha value is -4.10. The fourth-order valence-corrected chi connectivity index (χ4v) is 4.93. The topological polar surface area (TPSA) is 172 Å². The number of nitrogens with one attached hydrogen (secondary N) is 1. The first-order valence-corrected chi connectivity index (χ1v) is 14.1. The van der Waals surface area contributed by atoms with E-state index in [-0.39, 0.29) is 18.0 Å². The average molecular weight is 595 g/mol. The summed E-state index contributed by atoms with van der Waals surface area (Å²) in [6.07, 6.45) is -2.56. The second-order valence-electron chi connectivity index (χ2n) is 11.4. The molecule has 0 aliphatic carbocycles. The number of Topliss-reactive ketones (excluding diaryl/α,β-unsaturated/α-hetero) is 1. The van der Waals surface area contributed by atoms with Crippen molar-refractivity contribution in [3.05, 3.63) is 54.2 Å². The summed E-state index contributed by atoms with van der Waals surface area (Å²) in [5.74, 6) is -4.85. The van der Waals surface area contributed by atoms with Gasteiger partial charge in [0.15, 0.2) is 11.4 Å². The first-order valence-electron chi connectivity index (χ1n) is 14.1. The van der Waals surface area contributed by atoms with E-state index >= 15 is 0 Å². The van der Waals surface area contributed by atoms with Crippen LogP contribution in [0.1, 0.15) is 56.9 Å². The highest BCUT2D eigenvalue weighted by Crippen LogP contribution is 2.38. The molecule has 3 rings (SSSR count). The molecule has 1 fully saturated rings. The molecule has 2 amide bonds. The Balaban J connectivity index is 1.80. The third-order valence-electron chi connectivity index (χ3n) is 7.10. The number of hydrogen-bond acceptors (Lipinski definition) is 9. The van der Waals surface area contributed by atoms with E-state index in [4.69, 9.17) is 9.31 Å². The molecule has 0 saturated carbocycles. The van der Waals surface area contributed by atoms with Gasteiger partial charge in [-0.3, -0.25) is 24.0 Å². The number of nitrogens with zero attached hydrogens (tertiary/aromatic N) is 2. The van der Waals surface area contributed by atoms with Crippen LogP contribution < -0.4 is 5.32 Å². The molecule has 3 N–H and O–H groups in total. The molecule has 2 heterocycles. The van der Waals surface area contributed by atoms with Gasteiger partial charge in [-0.05, 0) is 31.4 Å². The Bertz CT molecular complexity index is 1340. The zero-order chi connectivity index (χ0) is 31.9. The fraction of sp³-hybridized carbons (Fsp3) is 0.467. The normalized spacial score (nSPS) is 18.5. The minimum Gasteiger partial charge on any atom is -0.507 e. The monoisotopic (exact) mass is 595 g/mol. The number of aliphatic carboxylic acids is 1. The van der Waals surface area contributed by atoms with Crippen molar-refractivity contribution in [3.63, 3.8) is 0 Å². The predicted molar refractivity (Wildman–Crippen MR) is 157 cm³/mol. The lowest BCUT2D eigenvalue weighted by molar-refractivity contribution is -0.155. The number of aromatic nitrogens is 1. The van der Waals surface area contributed by atoms with Gasteiger partial charge in [0.25, 0.3) is 5.91 Å². The minimum absolute atomic E-state index is 0.00232. The zero-order valence-electron chi connectivity index (χ0n) is 25.0. The summed E-state index contributed by atoms with van der Waals surface area (Å²) in [6.45, 7) is 5.13. The molecule has 43 heavy (non-hydrogen) atoms. The summed E-state index contributed by atoms with van der Waals surface area (Å²) in [5, 5.41) is 22.5. The van der Waals surface area contributed by atoms with Gasteiger partial charge in [-0.1, -0.05) is 50.2 Å². The number of aliphatic hydroxyl groups excluding tert-OH is 1. The van der Waals surface area contributed by atoms with Crippen molar-refractivity contribution in [2.24, 2.45) is 5.92 Å². The number of carboxylic acids is 1. The molecular formula is C30H38BN3O9. The summed E-state index contributed by atoms with van der Waals surface area (Å²) < 4.78 is 11.4. The number of benzene rings is 1. The van der Waals surface area contributed by atoms with Crippen LogP contribution in [-0.4, -0.2) is 88.6 Å². The van der Waals surface area contributed by atoms with E-state index < -0.39 is 73.1 Å². The highest BCUT2D eigenvalue weighted by Gasteiger charge is 2.57. The lowest BCUT2D eigenvalue weighted by Crippen LogP contribution is -2.48. The van der Waals surface area contributed by atoms with E-state index in [1.807, 2.05) is 44.2 Å². The van der Waals surface area contributed by atoms with Crippen LogP contribution in [-0.2, 0) is 28.5 Å². The maximum Gasteiger partial charge on any atom is 0.531 e. The molecule has 1 aromatic carbocycles. The van der Waals surface area contributed by atoms with Gasteiger partial charge in [0.2, 0.25) is 5.91 Å². The Kier molecular flexibility index (Phi) is 11.2. The van der Waals surface area contributed by atoms with Crippen molar-refractivity contribution in [1.82, 2.24) is 15.2 Å². The van der Waals surface area contributed by atoms with Crippen LogP contribution in [0.25, 0.3) is 11.3 Å². The molecule has 0 unspecified atom stereocenters. The average Bonchev–Trinajstić information content (AvgIpc) is 3.25. The van der Waals surface area contributed by atoms with Crippen LogP contribution >= 0.6 is 0 Å². The van der Waals surface area contributed by atoms with Crippen molar-refractivity contribution in [2.45, 2.75) is 70.0 Å². The number of carboxylic acid groups (broad SMARTS) is 1. The van der Waals surface area contributed by atoms with Crippen molar-refractivity contribution in [3.8, 4) is 11.3 Å². The number of hydrogen-bond donors (Lipinski definition) is 3. The van der Waals surface area contributed by atoms with E-state index in [2.05, 4.69) is 10.3 Å². The van der Waals surface area contributed by atoms with Gasteiger partial charge < -0.3 is 29.7 Å². The lowest BCUT2D eigenvalue weighted by atomic mass is 9.65. The van der Waals surface area contributed by atoms with E-state index in [1.54, 1.807) is 12.1 Å². The second kappa shape index (κ2) is 14.4. The van der Waals surface area contributed by atoms with Crippen molar-refractivity contribution in [2.75, 3.05) is 14.1 Å². The number of ketones is 1. The molecule has 12 nitrogen and oxygen atoms in total. The van der Waals surface area contributed by atoms with Gasteiger partial charge in [0, 0.05) is 31.9 Å². The standard InChI is InChI=1S/C30H38BN3O9/c1-18(2)14-21(31-42-29(41)30(43-31,17-26(38)39)16-25(37)34(4)5)15-24(36)27(19(3)35)33-28(40)23-13-9-12-22(32-23)20-10-7-6-8-11-20/h6-13,18-19,21,27,35H,14-17H2,1-5H3,(H,33,40)(H,38,39)/t19-,21-,27+,30+/m1/s1. The molecule has 1 aliphatic heterocycles. The fourth-order valence-electron chi connectivity index (χ4n) is 4.93. The molecule has 1 aliphatic rings. The first kappa shape index (κ1) is 33.4. The molecule has 0 bridgehead atoms. The Morgan fingerprint density at radius 2 is 1.70 bits per heavy atom. The lowest BCUT2D eigenvalue weighted by Gasteiger charge is -2.27. The molecule has 0 radical (unpaired) electrons. The van der Waals surface area contributed by atoms with E-state index in [0.29, 0.717) is 12.1 Å². The van der Waals surface area contributed by atoms with Crippen LogP contribution in [0.5, 0.6) is 0 Å². The summed E-state index contributed by atoms with van der Waals surface area (Å²) in [4.78, 5) is 69.4. The number of rotatable bonds is 14. The van der Waals surface area contributed by atoms with Gasteiger partial charge in [-0.25, -0.2) is 4.98 Å². The van der Waals surface area contributed by atoms with Gasteiger partial charge in [-0.2, -0.15) is 0 Å². The molecule has 1 aromatic heterocycles. The Labute approximate surface area is 250 Å². The molecular weight excluding hydrogens is 557 g/mol. The molecule has 4 atom stereocenters. The van der Waals surface area contributed by atoms with Gasteiger partial charge in [0.1, 0.15) is 11.7 Å². The first-order chi connectivity index (χ1) is 20.2. The Morgan fingerprint density at radius 1 is 1.02 bits per heavy atom. The Morgan fingerprint density at radius 3 is 2.28 bits per heavy atom. The highest BCUT2D eigenvalue weighted by atomic mass is 16.7.